The summed E-state index contributed by atoms with van der Waals surface area (Å²) in [6, 6.07) is 3.55. The van der Waals surface area contributed by atoms with Gasteiger partial charge >= 0.3 is 0 Å². The highest BCUT2D eigenvalue weighted by Gasteiger charge is 2.48. The van der Waals surface area contributed by atoms with Crippen LogP contribution < -0.4 is 10.6 Å². The third kappa shape index (κ3) is 3.69. The van der Waals surface area contributed by atoms with Crippen LogP contribution >= 0.6 is 0 Å². The molecular weight excluding hydrogens is 326 g/mol. The summed E-state index contributed by atoms with van der Waals surface area (Å²) in [5.41, 5.74) is -0.119. The smallest absolute Gasteiger partial charge is 0.241 e. The number of piperidine rings is 1. The van der Waals surface area contributed by atoms with E-state index < -0.39 is 32.1 Å². The van der Waals surface area contributed by atoms with Gasteiger partial charge in [0.1, 0.15) is 11.6 Å². The molecule has 0 atom stereocenters. The molecule has 1 saturated heterocycles. The van der Waals surface area contributed by atoms with Crippen LogP contribution in [0.5, 0.6) is 0 Å². The molecule has 5 nitrogen and oxygen atoms in total. The summed E-state index contributed by atoms with van der Waals surface area (Å²) in [6.45, 7) is 0.840. The van der Waals surface area contributed by atoms with Crippen LogP contribution in [-0.2, 0) is 21.1 Å². The maximum Gasteiger partial charge on any atom is 0.241 e. The maximum atomic E-state index is 13.5. The molecule has 1 amide bonds. The zero-order valence-corrected chi connectivity index (χ0v) is 13.7. The van der Waals surface area contributed by atoms with Crippen molar-refractivity contribution < 1.29 is 22.0 Å². The number of carbonyl (C=O) groups excluding carboxylic acids is 1. The average molecular weight is 346 g/mol. The molecule has 0 unspecified atom stereocenters. The molecule has 0 radical (unpaired) electrons. The van der Waals surface area contributed by atoms with Crippen molar-refractivity contribution in [2.24, 2.45) is 0 Å². The van der Waals surface area contributed by atoms with Crippen molar-refractivity contribution in [1.82, 2.24) is 10.6 Å². The van der Waals surface area contributed by atoms with Crippen LogP contribution in [0.2, 0.25) is 0 Å². The summed E-state index contributed by atoms with van der Waals surface area (Å²) in [4.78, 5) is 12.4. The van der Waals surface area contributed by atoms with Crippen LogP contribution in [-0.4, -0.2) is 45.0 Å². The first-order valence-corrected chi connectivity index (χ1v) is 9.28. The number of nitrogens with one attached hydrogen (secondary N) is 2. The number of hydrogen-bond acceptors (Lipinski definition) is 4. The highest BCUT2D eigenvalue weighted by molar-refractivity contribution is 7.92. The Morgan fingerprint density at radius 1 is 1.26 bits per heavy atom. The molecule has 1 aromatic rings. The second kappa shape index (κ2) is 6.92. The second-order valence-corrected chi connectivity index (χ2v) is 8.05. The number of rotatable bonds is 5. The Labute approximate surface area is 134 Å². The van der Waals surface area contributed by atoms with Crippen molar-refractivity contribution >= 4 is 15.7 Å². The van der Waals surface area contributed by atoms with Crippen LogP contribution in [0.1, 0.15) is 18.4 Å². The van der Waals surface area contributed by atoms with Gasteiger partial charge in [0, 0.05) is 18.4 Å². The van der Waals surface area contributed by atoms with E-state index in [1.54, 1.807) is 0 Å². The lowest BCUT2D eigenvalue weighted by molar-refractivity contribution is -0.124. The van der Waals surface area contributed by atoms with E-state index in [4.69, 9.17) is 0 Å². The predicted molar refractivity (Wildman–Crippen MR) is 82.8 cm³/mol. The Morgan fingerprint density at radius 2 is 1.83 bits per heavy atom. The largest absolute Gasteiger partial charge is 0.354 e. The van der Waals surface area contributed by atoms with Crippen molar-refractivity contribution in [3.63, 3.8) is 0 Å². The molecule has 2 rings (SSSR count). The lowest BCUT2D eigenvalue weighted by atomic mass is 9.95. The van der Waals surface area contributed by atoms with Gasteiger partial charge in [-0.2, -0.15) is 0 Å². The van der Waals surface area contributed by atoms with E-state index in [1.807, 2.05) is 0 Å². The Kier molecular flexibility index (Phi) is 5.36. The minimum absolute atomic E-state index is 0.0264. The molecule has 0 spiro atoms. The van der Waals surface area contributed by atoms with Gasteiger partial charge in [0.2, 0.25) is 5.91 Å². The summed E-state index contributed by atoms with van der Waals surface area (Å²) in [5, 5.41) is 5.54. The number of benzene rings is 1. The van der Waals surface area contributed by atoms with Crippen molar-refractivity contribution in [2.45, 2.75) is 24.0 Å². The van der Waals surface area contributed by atoms with Crippen LogP contribution in [0.25, 0.3) is 0 Å². The predicted octanol–water partition coefficient (Wildman–Crippen LogP) is 0.790. The normalized spacial score (nSPS) is 17.7. The van der Waals surface area contributed by atoms with Gasteiger partial charge in [-0.3, -0.25) is 4.79 Å². The van der Waals surface area contributed by atoms with Gasteiger partial charge in [-0.15, -0.1) is 0 Å². The van der Waals surface area contributed by atoms with E-state index >= 15 is 0 Å². The lowest BCUT2D eigenvalue weighted by Crippen LogP contribution is -2.57. The average Bonchev–Trinajstić information content (AvgIpc) is 2.49. The first kappa shape index (κ1) is 17.8. The topological polar surface area (TPSA) is 75.3 Å². The van der Waals surface area contributed by atoms with Gasteiger partial charge in [0.25, 0.3) is 0 Å². The lowest BCUT2D eigenvalue weighted by Gasteiger charge is -2.34. The summed E-state index contributed by atoms with van der Waals surface area (Å²) in [6.07, 6.45) is 1.38. The van der Waals surface area contributed by atoms with E-state index in [0.29, 0.717) is 13.1 Å². The van der Waals surface area contributed by atoms with Crippen LogP contribution in [0, 0.1) is 11.6 Å². The molecule has 0 aromatic heterocycles. The van der Waals surface area contributed by atoms with Crippen molar-refractivity contribution in [3.8, 4) is 0 Å². The molecule has 8 heteroatoms. The monoisotopic (exact) mass is 346 g/mol. The van der Waals surface area contributed by atoms with Crippen LogP contribution in [0.3, 0.4) is 0 Å². The Hall–Kier alpha value is -1.54. The zero-order valence-electron chi connectivity index (χ0n) is 12.9. The van der Waals surface area contributed by atoms with Gasteiger partial charge < -0.3 is 10.6 Å². The third-order valence-electron chi connectivity index (χ3n) is 4.26. The fourth-order valence-electron chi connectivity index (χ4n) is 2.83. The Morgan fingerprint density at radius 3 is 2.35 bits per heavy atom. The van der Waals surface area contributed by atoms with Crippen molar-refractivity contribution in [2.75, 3.05) is 25.9 Å². The Bertz CT molecular complexity index is 666. The second-order valence-electron chi connectivity index (χ2n) is 5.72. The van der Waals surface area contributed by atoms with E-state index in [1.165, 1.54) is 6.07 Å². The first-order valence-electron chi connectivity index (χ1n) is 7.39. The quantitative estimate of drug-likeness (QED) is 0.827. The molecule has 2 N–H and O–H groups in total. The van der Waals surface area contributed by atoms with E-state index in [9.17, 15) is 22.0 Å². The first-order chi connectivity index (χ1) is 10.8. The molecule has 1 aromatic carbocycles. The van der Waals surface area contributed by atoms with E-state index in [2.05, 4.69) is 10.6 Å². The highest BCUT2D eigenvalue weighted by atomic mass is 32.2. The molecule has 23 heavy (non-hydrogen) atoms. The van der Waals surface area contributed by atoms with Crippen LogP contribution in [0.15, 0.2) is 18.2 Å². The molecule has 0 aliphatic carbocycles. The number of sulfone groups is 1. The highest BCUT2D eigenvalue weighted by Crippen LogP contribution is 2.28. The SMILES string of the molecule is CS(=O)(=O)C1(C(=O)NCCc2c(F)cccc2F)CCNCC1. The third-order valence-corrected chi connectivity index (χ3v) is 6.27. The van der Waals surface area contributed by atoms with E-state index in [0.717, 1.165) is 18.4 Å². The summed E-state index contributed by atoms with van der Waals surface area (Å²) in [5.74, 6) is -1.96. The molecule has 1 aliphatic heterocycles. The number of hydrogen-bond donors (Lipinski definition) is 2. The van der Waals surface area contributed by atoms with Gasteiger partial charge in [-0.1, -0.05) is 6.07 Å². The standard InChI is InChI=1S/C15H20F2N2O3S/c1-23(21,22)15(6-9-18-10-7-15)14(20)19-8-5-11-12(16)3-2-4-13(11)17/h2-4,18H,5-10H2,1H3,(H,19,20). The molecule has 0 saturated carbocycles. The molecule has 0 bridgehead atoms. The number of halogens is 2. The summed E-state index contributed by atoms with van der Waals surface area (Å²) >= 11 is 0. The molecule has 128 valence electrons. The zero-order chi connectivity index (χ0) is 17.1. The molecule has 1 aliphatic rings. The van der Waals surface area contributed by atoms with E-state index in [-0.39, 0.29) is 31.4 Å². The molecule has 1 fully saturated rings. The fourth-order valence-corrected chi connectivity index (χ4v) is 4.18. The van der Waals surface area contributed by atoms with Crippen LogP contribution in [0.4, 0.5) is 8.78 Å². The maximum absolute atomic E-state index is 13.5. The van der Waals surface area contributed by atoms with Crippen molar-refractivity contribution in [1.29, 1.82) is 0 Å². The number of amides is 1. The minimum atomic E-state index is -3.60. The van der Waals surface area contributed by atoms with Gasteiger partial charge in [-0.05, 0) is 44.5 Å². The number of carbonyl (C=O) groups is 1. The molecule has 1 heterocycles. The fraction of sp³-hybridized carbons (Fsp3) is 0.533. The van der Waals surface area contributed by atoms with Gasteiger partial charge in [-0.25, -0.2) is 17.2 Å². The van der Waals surface area contributed by atoms with Gasteiger partial charge in [0.05, 0.1) is 0 Å². The van der Waals surface area contributed by atoms with Gasteiger partial charge in [0.15, 0.2) is 14.6 Å². The minimum Gasteiger partial charge on any atom is -0.354 e. The summed E-state index contributed by atoms with van der Waals surface area (Å²) in [7, 11) is -3.60. The Balaban J connectivity index is 2.06. The molecular formula is C15H20F2N2O3S. The summed E-state index contributed by atoms with van der Waals surface area (Å²) < 4.78 is 49.8. The van der Waals surface area contributed by atoms with Crippen molar-refractivity contribution in [3.05, 3.63) is 35.4 Å².